The SMILES string of the molecule is COCCOC(=O)CCN1CCN(C2CCN(C(=O)[C@@H](Cc3cc(Cl)c(N)c(C(F)(F)F)c3)OC(=O)N3CCC(N4CCc5ccccc5NC4=O)CC3)CC2)CC1. The molecular formula is C40H53ClF3N7O7. The molecule has 0 spiro atoms. The topological polar surface area (TPSA) is 150 Å². The summed E-state index contributed by atoms with van der Waals surface area (Å²) in [5.41, 5.74) is 5.82. The van der Waals surface area contributed by atoms with Crippen molar-refractivity contribution in [1.82, 2.24) is 24.5 Å². The number of nitrogens with zero attached hydrogens (tertiary/aromatic N) is 5. The van der Waals surface area contributed by atoms with Crippen molar-refractivity contribution >= 4 is 47.0 Å². The molecule has 2 aromatic rings. The summed E-state index contributed by atoms with van der Waals surface area (Å²) in [6, 6.07) is 9.69. The number of benzene rings is 2. The van der Waals surface area contributed by atoms with Crippen molar-refractivity contribution in [3.05, 3.63) is 58.1 Å². The van der Waals surface area contributed by atoms with E-state index in [0.717, 1.165) is 43.5 Å². The predicted molar refractivity (Wildman–Crippen MR) is 210 cm³/mol. The molecule has 4 aliphatic rings. The van der Waals surface area contributed by atoms with Crippen LogP contribution >= 0.6 is 11.6 Å². The second-order valence-corrected chi connectivity index (χ2v) is 15.7. The third-order valence-electron chi connectivity index (χ3n) is 11.6. The number of nitrogens with two attached hydrogens (primary N) is 1. The van der Waals surface area contributed by atoms with Crippen molar-refractivity contribution < 1.29 is 46.6 Å². The number of piperidine rings is 2. The molecular weight excluding hydrogens is 783 g/mol. The Morgan fingerprint density at radius 3 is 2.28 bits per heavy atom. The molecule has 0 radical (unpaired) electrons. The zero-order valence-corrected chi connectivity index (χ0v) is 33.6. The molecule has 58 heavy (non-hydrogen) atoms. The van der Waals surface area contributed by atoms with Crippen molar-refractivity contribution in [3.8, 4) is 0 Å². The van der Waals surface area contributed by atoms with Gasteiger partial charge in [0.2, 0.25) is 0 Å². The summed E-state index contributed by atoms with van der Waals surface area (Å²) in [5, 5.41) is 2.67. The Morgan fingerprint density at radius 1 is 0.914 bits per heavy atom. The first-order valence-electron chi connectivity index (χ1n) is 20.0. The molecule has 1 atom stereocenters. The zero-order valence-electron chi connectivity index (χ0n) is 32.8. The number of carbonyl (C=O) groups excluding carboxylic acids is 4. The largest absolute Gasteiger partial charge is 0.463 e. The maximum atomic E-state index is 14.1. The molecule has 0 unspecified atom stereocenters. The Morgan fingerprint density at radius 2 is 1.59 bits per heavy atom. The summed E-state index contributed by atoms with van der Waals surface area (Å²) in [6.07, 6.45) is -3.97. The van der Waals surface area contributed by atoms with E-state index in [1.54, 1.807) is 16.9 Å². The first-order valence-corrected chi connectivity index (χ1v) is 20.3. The van der Waals surface area contributed by atoms with Crippen LogP contribution in [0.3, 0.4) is 0 Å². The number of piperazine rings is 1. The molecule has 4 heterocycles. The number of halogens is 4. The number of anilines is 2. The Bertz CT molecular complexity index is 1760. The lowest BCUT2D eigenvalue weighted by Crippen LogP contribution is -2.55. The molecule has 6 rings (SSSR count). The fourth-order valence-electron chi connectivity index (χ4n) is 8.28. The van der Waals surface area contributed by atoms with E-state index < -0.39 is 35.5 Å². The standard InChI is InChI=1S/C40H53ClF3N7O7/c1-56-22-23-57-35(52)11-12-47-18-20-48(21-19-47)29-7-13-49(14-8-29)37(53)34(26-27-24-31(40(42,43)44)36(45)32(41)25-27)58-39(55)50-15-9-30(10-16-50)51-17-6-28-4-2-3-5-33(28)46-38(51)54/h2-5,24-25,29-30,34H,6-23,26,45H2,1H3,(H,46,54)/t34-/m1/s1. The monoisotopic (exact) mass is 835 g/mol. The number of nitrogens with one attached hydrogen (secondary N) is 1. The number of amides is 4. The first kappa shape index (κ1) is 43.3. The van der Waals surface area contributed by atoms with E-state index in [2.05, 4.69) is 15.1 Å². The van der Waals surface area contributed by atoms with Gasteiger partial charge in [-0.3, -0.25) is 14.5 Å². The number of alkyl halides is 3. The normalized spacial score (nSPS) is 19.6. The fraction of sp³-hybridized carbons (Fsp3) is 0.600. The number of esters is 1. The molecule has 3 fully saturated rings. The quantitative estimate of drug-likeness (QED) is 0.175. The van der Waals surface area contributed by atoms with Gasteiger partial charge in [-0.2, -0.15) is 13.2 Å². The summed E-state index contributed by atoms with van der Waals surface area (Å²) in [4.78, 5) is 62.5. The van der Waals surface area contributed by atoms with E-state index in [0.29, 0.717) is 71.3 Å². The second kappa shape index (κ2) is 19.6. The summed E-state index contributed by atoms with van der Waals surface area (Å²) in [7, 11) is 1.55. The number of carbonyl (C=O) groups is 4. The molecule has 0 aliphatic carbocycles. The molecule has 4 amide bonds. The molecule has 18 heteroatoms. The Balaban J connectivity index is 1.05. The van der Waals surface area contributed by atoms with Gasteiger partial charge in [0.05, 0.1) is 29.3 Å². The average molecular weight is 836 g/mol. The third kappa shape index (κ3) is 11.0. The lowest BCUT2D eigenvalue weighted by Gasteiger charge is -2.43. The molecule has 0 aromatic heterocycles. The van der Waals surface area contributed by atoms with Gasteiger partial charge in [-0.15, -0.1) is 0 Å². The lowest BCUT2D eigenvalue weighted by molar-refractivity contribution is -0.145. The van der Waals surface area contributed by atoms with Gasteiger partial charge in [-0.25, -0.2) is 9.59 Å². The van der Waals surface area contributed by atoms with Crippen LogP contribution in [0.4, 0.5) is 34.1 Å². The maximum Gasteiger partial charge on any atom is 0.418 e. The van der Waals surface area contributed by atoms with E-state index >= 15 is 0 Å². The minimum atomic E-state index is -4.79. The molecule has 2 aromatic carbocycles. The number of hydrogen-bond acceptors (Lipinski definition) is 10. The predicted octanol–water partition coefficient (Wildman–Crippen LogP) is 4.73. The highest BCUT2D eigenvalue weighted by Gasteiger charge is 2.38. The van der Waals surface area contributed by atoms with Gasteiger partial charge in [0.1, 0.15) is 6.61 Å². The minimum Gasteiger partial charge on any atom is -0.463 e. The number of para-hydroxylation sites is 1. The van der Waals surface area contributed by atoms with Crippen molar-refractivity contribution in [3.63, 3.8) is 0 Å². The minimum absolute atomic E-state index is 0.0561. The first-order chi connectivity index (χ1) is 27.8. The van der Waals surface area contributed by atoms with Crippen LogP contribution in [0.1, 0.15) is 48.8 Å². The molecule has 3 N–H and O–H groups in total. The summed E-state index contributed by atoms with van der Waals surface area (Å²) >= 11 is 6.14. The van der Waals surface area contributed by atoms with Gasteiger partial charge in [0.25, 0.3) is 5.91 Å². The summed E-state index contributed by atoms with van der Waals surface area (Å²) < 4.78 is 57.7. The average Bonchev–Trinajstić information content (AvgIpc) is 3.38. The van der Waals surface area contributed by atoms with E-state index in [9.17, 15) is 32.3 Å². The molecule has 4 aliphatic heterocycles. The Labute approximate surface area is 341 Å². The highest BCUT2D eigenvalue weighted by atomic mass is 35.5. The van der Waals surface area contributed by atoms with Gasteiger partial charge in [0, 0.05) is 96.7 Å². The van der Waals surface area contributed by atoms with Crippen LogP contribution in [0.5, 0.6) is 0 Å². The van der Waals surface area contributed by atoms with Crippen molar-refractivity contribution in [2.45, 2.75) is 69.3 Å². The summed E-state index contributed by atoms with van der Waals surface area (Å²) in [5.74, 6) is -0.748. The van der Waals surface area contributed by atoms with Crippen LogP contribution < -0.4 is 11.1 Å². The number of rotatable bonds is 12. The number of nitrogen functional groups attached to an aromatic ring is 1. The molecule has 14 nitrogen and oxygen atoms in total. The summed E-state index contributed by atoms with van der Waals surface area (Å²) in [6.45, 7) is 6.24. The van der Waals surface area contributed by atoms with Crippen molar-refractivity contribution in [2.75, 3.05) is 96.8 Å². The molecule has 0 saturated carbocycles. The van der Waals surface area contributed by atoms with Crippen LogP contribution in [0.25, 0.3) is 0 Å². The second-order valence-electron chi connectivity index (χ2n) is 15.3. The van der Waals surface area contributed by atoms with Crippen molar-refractivity contribution in [1.29, 1.82) is 0 Å². The van der Waals surface area contributed by atoms with Gasteiger partial charge in [-0.05, 0) is 61.4 Å². The van der Waals surface area contributed by atoms with E-state index in [1.165, 1.54) is 11.0 Å². The molecule has 3 saturated heterocycles. The Kier molecular flexibility index (Phi) is 14.6. The van der Waals surface area contributed by atoms with Gasteiger partial charge < -0.3 is 44.9 Å². The zero-order chi connectivity index (χ0) is 41.4. The van der Waals surface area contributed by atoms with Gasteiger partial charge in [-0.1, -0.05) is 29.8 Å². The smallest absolute Gasteiger partial charge is 0.418 e. The van der Waals surface area contributed by atoms with Gasteiger partial charge in [0.15, 0.2) is 6.10 Å². The van der Waals surface area contributed by atoms with Crippen LogP contribution in [0.2, 0.25) is 5.02 Å². The van der Waals surface area contributed by atoms with Gasteiger partial charge >= 0.3 is 24.3 Å². The van der Waals surface area contributed by atoms with Crippen LogP contribution in [-0.4, -0.2) is 152 Å². The number of ether oxygens (including phenoxy) is 3. The highest BCUT2D eigenvalue weighted by Crippen LogP contribution is 2.38. The lowest BCUT2D eigenvalue weighted by atomic mass is 9.99. The number of hydrogen-bond donors (Lipinski definition) is 2. The van der Waals surface area contributed by atoms with E-state index in [-0.39, 0.29) is 60.8 Å². The van der Waals surface area contributed by atoms with E-state index in [4.69, 9.17) is 31.5 Å². The molecule has 0 bridgehead atoms. The maximum absolute atomic E-state index is 14.1. The molecule has 318 valence electrons. The third-order valence-corrected chi connectivity index (χ3v) is 11.9. The number of fused-ring (bicyclic) bond motifs is 1. The Hall–Kier alpha value is -4.32. The van der Waals surface area contributed by atoms with Crippen LogP contribution in [0.15, 0.2) is 36.4 Å². The van der Waals surface area contributed by atoms with Crippen molar-refractivity contribution in [2.24, 2.45) is 0 Å². The van der Waals surface area contributed by atoms with Crippen LogP contribution in [0, 0.1) is 0 Å². The highest BCUT2D eigenvalue weighted by molar-refractivity contribution is 6.33. The van der Waals surface area contributed by atoms with E-state index in [1.807, 2.05) is 24.3 Å². The number of urea groups is 1. The fourth-order valence-corrected chi connectivity index (χ4v) is 8.52. The number of likely N-dealkylation sites (tertiary alicyclic amines) is 2. The van der Waals surface area contributed by atoms with Crippen LogP contribution in [-0.2, 0) is 42.8 Å². The number of methoxy groups -OCH3 is 1.